The molecule has 0 radical (unpaired) electrons. The Kier molecular flexibility index (Phi) is 5.47. The molecular formula is C27H26ClN3. The first-order valence-corrected chi connectivity index (χ1v) is 10.3. The first kappa shape index (κ1) is 21.0. The Morgan fingerprint density at radius 3 is 2.26 bits per heavy atom. The molecule has 31 heavy (non-hydrogen) atoms. The number of nitrogens with one attached hydrogen (secondary N) is 2. The van der Waals surface area contributed by atoms with E-state index >= 15 is 0 Å². The summed E-state index contributed by atoms with van der Waals surface area (Å²) in [4.78, 5) is 9.33. The summed E-state index contributed by atoms with van der Waals surface area (Å²) < 4.78 is 0. The second-order valence-electron chi connectivity index (χ2n) is 8.16. The lowest BCUT2D eigenvalue weighted by Gasteiger charge is -2.16. The fourth-order valence-corrected chi connectivity index (χ4v) is 4.54. The number of halogens is 1. The van der Waals surface area contributed by atoms with E-state index < -0.39 is 0 Å². The number of hydrogen-bond donors (Lipinski definition) is 2. The number of aromatic nitrogens is 1. The topological polar surface area (TPSA) is 33.0 Å². The van der Waals surface area contributed by atoms with Crippen molar-refractivity contribution in [2.75, 3.05) is 19.0 Å². The summed E-state index contributed by atoms with van der Waals surface area (Å²) in [5.74, 6) is 0. The molecule has 2 heterocycles. The number of allylic oxidation sites excluding steroid dienone is 1. The van der Waals surface area contributed by atoms with Gasteiger partial charge in [-0.25, -0.2) is 4.99 Å². The molecule has 4 heteroatoms. The van der Waals surface area contributed by atoms with Crippen LogP contribution in [-0.4, -0.2) is 24.8 Å². The highest BCUT2D eigenvalue weighted by Gasteiger charge is 2.30. The van der Waals surface area contributed by atoms with Gasteiger partial charge in [0.15, 0.2) is 5.71 Å². The van der Waals surface area contributed by atoms with Crippen molar-refractivity contribution in [3.63, 3.8) is 0 Å². The van der Waals surface area contributed by atoms with E-state index in [1.807, 2.05) is 0 Å². The molecule has 3 nitrogen and oxygen atoms in total. The van der Waals surface area contributed by atoms with Crippen molar-refractivity contribution in [1.29, 1.82) is 0 Å². The lowest BCUT2D eigenvalue weighted by atomic mass is 9.87. The molecule has 0 amide bonds. The van der Waals surface area contributed by atoms with Gasteiger partial charge in [0, 0.05) is 60.5 Å². The maximum atomic E-state index is 3.60. The van der Waals surface area contributed by atoms with Crippen molar-refractivity contribution in [3.05, 3.63) is 95.2 Å². The van der Waals surface area contributed by atoms with Crippen LogP contribution in [-0.2, 0) is 0 Å². The number of rotatable bonds is 3. The maximum absolute atomic E-state index is 3.60. The lowest BCUT2D eigenvalue weighted by molar-refractivity contribution is -0.349. The third kappa shape index (κ3) is 3.45. The summed E-state index contributed by atoms with van der Waals surface area (Å²) in [5, 5.41) is 1.26. The molecule has 1 aliphatic heterocycles. The molecule has 1 aromatic heterocycles. The van der Waals surface area contributed by atoms with E-state index in [2.05, 4.69) is 116 Å². The summed E-state index contributed by atoms with van der Waals surface area (Å²) in [6.45, 7) is 4.35. The molecule has 0 aliphatic carbocycles. The minimum atomic E-state index is 0. The average Bonchev–Trinajstić information content (AvgIpc) is 3.25. The van der Waals surface area contributed by atoms with Crippen LogP contribution in [0, 0.1) is 6.92 Å². The van der Waals surface area contributed by atoms with Gasteiger partial charge in [0.1, 0.15) is 0 Å². The Balaban J connectivity index is 0.00000231. The molecule has 0 saturated heterocycles. The second kappa shape index (κ2) is 8.09. The van der Waals surface area contributed by atoms with Crippen LogP contribution >= 0.6 is 0 Å². The van der Waals surface area contributed by atoms with Crippen LogP contribution in [0.25, 0.3) is 22.0 Å². The minimum Gasteiger partial charge on any atom is -1.00 e. The number of benzene rings is 3. The number of anilines is 1. The minimum absolute atomic E-state index is 0. The second-order valence-corrected chi connectivity index (χ2v) is 8.16. The molecule has 0 atom stereocenters. The number of aryl methyl sites for hydroxylation is 1. The Labute approximate surface area is 189 Å². The van der Waals surface area contributed by atoms with Crippen LogP contribution in [0.5, 0.6) is 0 Å². The molecule has 0 fully saturated rings. The van der Waals surface area contributed by atoms with Gasteiger partial charge in [-0.15, -0.1) is 0 Å². The van der Waals surface area contributed by atoms with Gasteiger partial charge in [-0.1, -0.05) is 42.5 Å². The van der Waals surface area contributed by atoms with Crippen molar-refractivity contribution < 1.29 is 17.4 Å². The van der Waals surface area contributed by atoms with Gasteiger partial charge in [0.2, 0.25) is 5.69 Å². The summed E-state index contributed by atoms with van der Waals surface area (Å²) in [7, 11) is 4.15. The van der Waals surface area contributed by atoms with Crippen LogP contribution in [0.1, 0.15) is 29.3 Å². The van der Waals surface area contributed by atoms with Crippen molar-refractivity contribution in [2.24, 2.45) is 0 Å². The van der Waals surface area contributed by atoms with E-state index in [-0.39, 0.29) is 12.4 Å². The Bertz CT molecular complexity index is 1320. The van der Waals surface area contributed by atoms with Crippen LogP contribution in [0.3, 0.4) is 0 Å². The first-order chi connectivity index (χ1) is 14.5. The van der Waals surface area contributed by atoms with Gasteiger partial charge < -0.3 is 22.3 Å². The van der Waals surface area contributed by atoms with Gasteiger partial charge in [0.05, 0.1) is 11.1 Å². The fraction of sp³-hybridized carbons (Fsp3) is 0.148. The van der Waals surface area contributed by atoms with Crippen LogP contribution in [0.4, 0.5) is 11.4 Å². The molecule has 0 spiro atoms. The average molecular weight is 428 g/mol. The number of fused-ring (bicyclic) bond motifs is 2. The highest BCUT2D eigenvalue weighted by molar-refractivity contribution is 6.32. The molecular weight excluding hydrogens is 402 g/mol. The van der Waals surface area contributed by atoms with Gasteiger partial charge in [-0.2, -0.15) is 0 Å². The Morgan fingerprint density at radius 1 is 0.839 bits per heavy atom. The third-order valence-corrected chi connectivity index (χ3v) is 5.96. The molecule has 4 aromatic rings. The standard InChI is InChI=1S/C27H25N3.ClH/c1-17-25(21-9-5-7-11-23(21)28-17)27(19-13-15-20(16-14-19)30(3)4)26-18(2)29-24-12-8-6-10-22(24)26;/h5-16,28H,1-4H3;1H. The van der Waals surface area contributed by atoms with Gasteiger partial charge in [-0.3, -0.25) is 0 Å². The van der Waals surface area contributed by atoms with Crippen molar-refractivity contribution in [2.45, 2.75) is 13.8 Å². The predicted octanol–water partition coefficient (Wildman–Crippen LogP) is 1.69. The summed E-state index contributed by atoms with van der Waals surface area (Å²) >= 11 is 0. The van der Waals surface area contributed by atoms with E-state index in [9.17, 15) is 0 Å². The zero-order valence-electron chi connectivity index (χ0n) is 18.3. The number of hydrogen-bond acceptors (Lipinski definition) is 1. The summed E-state index contributed by atoms with van der Waals surface area (Å²) in [6.07, 6.45) is 0. The first-order valence-electron chi connectivity index (χ1n) is 10.3. The summed E-state index contributed by atoms with van der Waals surface area (Å²) in [5.41, 5.74) is 12.2. The molecule has 0 unspecified atom stereocenters. The summed E-state index contributed by atoms with van der Waals surface area (Å²) in [6, 6.07) is 26.0. The SMILES string of the molecule is CC1=[NH+]c2ccccc2C1=C(c1ccc(N(C)C)cc1)c1c(C)[nH]c2ccccc12.[Cl-]. The monoisotopic (exact) mass is 427 g/mol. The zero-order chi connectivity index (χ0) is 20.8. The third-order valence-electron chi connectivity index (χ3n) is 5.96. The lowest BCUT2D eigenvalue weighted by Crippen LogP contribution is -3.00. The predicted molar refractivity (Wildman–Crippen MR) is 127 cm³/mol. The normalized spacial score (nSPS) is 14.1. The smallest absolute Gasteiger partial charge is 0.211 e. The van der Waals surface area contributed by atoms with Crippen LogP contribution in [0.2, 0.25) is 0 Å². The van der Waals surface area contributed by atoms with E-state index in [0.29, 0.717) is 0 Å². The van der Waals surface area contributed by atoms with E-state index in [0.717, 1.165) is 0 Å². The number of aromatic amines is 1. The molecule has 5 rings (SSSR count). The van der Waals surface area contributed by atoms with E-state index in [1.165, 1.54) is 61.5 Å². The molecule has 156 valence electrons. The van der Waals surface area contributed by atoms with E-state index in [4.69, 9.17) is 0 Å². The van der Waals surface area contributed by atoms with Gasteiger partial charge >= 0.3 is 0 Å². The molecule has 2 N–H and O–H groups in total. The van der Waals surface area contributed by atoms with Crippen molar-refractivity contribution in [1.82, 2.24) is 4.98 Å². The number of nitrogens with zero attached hydrogens (tertiary/aromatic N) is 1. The van der Waals surface area contributed by atoms with Gasteiger partial charge in [-0.05, 0) is 36.8 Å². The van der Waals surface area contributed by atoms with E-state index in [1.54, 1.807) is 0 Å². The highest BCUT2D eigenvalue weighted by Crippen LogP contribution is 2.40. The molecule has 0 bridgehead atoms. The molecule has 3 aromatic carbocycles. The Morgan fingerprint density at radius 2 is 1.52 bits per heavy atom. The number of para-hydroxylation sites is 2. The highest BCUT2D eigenvalue weighted by atomic mass is 35.5. The van der Waals surface area contributed by atoms with Crippen molar-refractivity contribution >= 4 is 39.1 Å². The number of H-pyrrole nitrogens is 1. The van der Waals surface area contributed by atoms with Crippen molar-refractivity contribution in [3.8, 4) is 0 Å². The van der Waals surface area contributed by atoms with Crippen LogP contribution in [0.15, 0.2) is 72.8 Å². The zero-order valence-corrected chi connectivity index (χ0v) is 19.0. The molecule has 1 aliphatic rings. The van der Waals surface area contributed by atoms with Crippen LogP contribution < -0.4 is 22.3 Å². The Hall–Kier alpha value is -3.30. The largest absolute Gasteiger partial charge is 1.00 e. The quantitative estimate of drug-likeness (QED) is 0.512. The fourth-order valence-electron chi connectivity index (χ4n) is 4.54. The molecule has 0 saturated carbocycles. The van der Waals surface area contributed by atoms with Gasteiger partial charge in [0.25, 0.3) is 0 Å². The maximum Gasteiger partial charge on any atom is 0.211 e.